The number of nitrogens with zero attached hydrogens (tertiary/aromatic N) is 5. The Bertz CT molecular complexity index is 883. The SMILES string of the molecule is CN1CCN(c2ccnc(NCc3cnn(-c4ccc(F)cc4)c3)c2)CC1. The molecular formula is C20H23FN6. The Morgan fingerprint density at radius 3 is 2.59 bits per heavy atom. The third-order valence-corrected chi connectivity index (χ3v) is 4.81. The Hall–Kier alpha value is -2.93. The van der Waals surface area contributed by atoms with Crippen molar-refractivity contribution in [3.63, 3.8) is 0 Å². The van der Waals surface area contributed by atoms with Gasteiger partial charge in [-0.3, -0.25) is 0 Å². The highest BCUT2D eigenvalue weighted by atomic mass is 19.1. The monoisotopic (exact) mass is 366 g/mol. The van der Waals surface area contributed by atoms with Gasteiger partial charge < -0.3 is 15.1 Å². The normalized spacial score (nSPS) is 15.1. The van der Waals surface area contributed by atoms with E-state index in [0.717, 1.165) is 43.2 Å². The van der Waals surface area contributed by atoms with Gasteiger partial charge in [-0.25, -0.2) is 14.1 Å². The van der Waals surface area contributed by atoms with E-state index in [1.165, 1.54) is 17.8 Å². The van der Waals surface area contributed by atoms with Gasteiger partial charge in [0.15, 0.2) is 0 Å². The molecule has 0 aliphatic carbocycles. The van der Waals surface area contributed by atoms with E-state index in [0.29, 0.717) is 6.54 Å². The van der Waals surface area contributed by atoms with Gasteiger partial charge in [0.05, 0.1) is 11.9 Å². The molecule has 1 aliphatic rings. The van der Waals surface area contributed by atoms with E-state index in [1.807, 2.05) is 12.4 Å². The number of rotatable bonds is 5. The Morgan fingerprint density at radius 1 is 1.04 bits per heavy atom. The third kappa shape index (κ3) is 4.25. The van der Waals surface area contributed by atoms with Crippen molar-refractivity contribution >= 4 is 11.5 Å². The standard InChI is InChI=1S/C20H23FN6/c1-25-8-10-26(11-9-25)19-6-7-22-20(12-19)23-13-16-14-24-27(15-16)18-4-2-17(21)3-5-18/h2-7,12,14-15H,8-11,13H2,1H3,(H,22,23). The number of benzene rings is 1. The van der Waals surface area contributed by atoms with E-state index >= 15 is 0 Å². The number of piperazine rings is 1. The molecule has 140 valence electrons. The van der Waals surface area contributed by atoms with Gasteiger partial charge in [-0.15, -0.1) is 0 Å². The van der Waals surface area contributed by atoms with Crippen molar-refractivity contribution in [1.29, 1.82) is 0 Å². The van der Waals surface area contributed by atoms with Crippen LogP contribution in [0.25, 0.3) is 5.69 Å². The summed E-state index contributed by atoms with van der Waals surface area (Å²) in [6.45, 7) is 4.84. The molecule has 1 saturated heterocycles. The van der Waals surface area contributed by atoms with Gasteiger partial charge in [-0.05, 0) is 37.4 Å². The van der Waals surface area contributed by atoms with E-state index in [-0.39, 0.29) is 5.82 Å². The third-order valence-electron chi connectivity index (χ3n) is 4.81. The number of pyridine rings is 1. The lowest BCUT2D eigenvalue weighted by atomic mass is 10.2. The van der Waals surface area contributed by atoms with Gasteiger partial charge in [0.2, 0.25) is 0 Å². The number of nitrogens with one attached hydrogen (secondary N) is 1. The van der Waals surface area contributed by atoms with Gasteiger partial charge in [0.25, 0.3) is 0 Å². The van der Waals surface area contributed by atoms with Crippen molar-refractivity contribution in [2.24, 2.45) is 0 Å². The lowest BCUT2D eigenvalue weighted by molar-refractivity contribution is 0.313. The Balaban J connectivity index is 1.39. The lowest BCUT2D eigenvalue weighted by Gasteiger charge is -2.34. The van der Waals surface area contributed by atoms with Crippen LogP contribution in [0.4, 0.5) is 15.9 Å². The number of likely N-dealkylation sites (N-methyl/N-ethyl adjacent to an activating group) is 1. The van der Waals surface area contributed by atoms with Crippen molar-refractivity contribution in [2.45, 2.75) is 6.54 Å². The lowest BCUT2D eigenvalue weighted by Crippen LogP contribution is -2.44. The smallest absolute Gasteiger partial charge is 0.128 e. The zero-order valence-electron chi connectivity index (χ0n) is 15.3. The fourth-order valence-electron chi connectivity index (χ4n) is 3.16. The van der Waals surface area contributed by atoms with Crippen LogP contribution in [0.3, 0.4) is 0 Å². The van der Waals surface area contributed by atoms with Gasteiger partial charge >= 0.3 is 0 Å². The summed E-state index contributed by atoms with van der Waals surface area (Å²) >= 11 is 0. The molecule has 1 aromatic carbocycles. The van der Waals surface area contributed by atoms with Crippen molar-refractivity contribution in [1.82, 2.24) is 19.7 Å². The zero-order chi connectivity index (χ0) is 18.6. The van der Waals surface area contributed by atoms with Gasteiger partial charge in [-0.2, -0.15) is 5.10 Å². The van der Waals surface area contributed by atoms with Crippen molar-refractivity contribution < 1.29 is 4.39 Å². The maximum absolute atomic E-state index is 13.0. The second kappa shape index (κ2) is 7.75. The fraction of sp³-hybridized carbons (Fsp3) is 0.300. The number of halogens is 1. The van der Waals surface area contributed by atoms with Crippen LogP contribution < -0.4 is 10.2 Å². The molecule has 3 heterocycles. The first-order chi connectivity index (χ1) is 13.2. The quantitative estimate of drug-likeness (QED) is 0.752. The van der Waals surface area contributed by atoms with Crippen LogP contribution in [0, 0.1) is 5.82 Å². The highest BCUT2D eigenvalue weighted by Crippen LogP contribution is 2.19. The second-order valence-electron chi connectivity index (χ2n) is 6.81. The summed E-state index contributed by atoms with van der Waals surface area (Å²) in [7, 11) is 2.16. The summed E-state index contributed by atoms with van der Waals surface area (Å²) in [5.74, 6) is 0.597. The number of hydrogen-bond acceptors (Lipinski definition) is 5. The molecule has 0 bridgehead atoms. The molecule has 3 aromatic rings. The minimum atomic E-state index is -0.251. The van der Waals surface area contributed by atoms with Crippen LogP contribution in [0.1, 0.15) is 5.56 Å². The number of anilines is 2. The second-order valence-corrected chi connectivity index (χ2v) is 6.81. The Labute approximate surface area is 158 Å². The van der Waals surface area contributed by atoms with E-state index < -0.39 is 0 Å². The molecule has 0 saturated carbocycles. The molecule has 27 heavy (non-hydrogen) atoms. The molecule has 0 amide bonds. The summed E-state index contributed by atoms with van der Waals surface area (Å²) in [5, 5.41) is 7.71. The molecule has 4 rings (SSSR count). The molecule has 0 spiro atoms. The Morgan fingerprint density at radius 2 is 1.81 bits per heavy atom. The van der Waals surface area contributed by atoms with Gasteiger partial charge in [0, 0.05) is 62.4 Å². The van der Waals surface area contributed by atoms with Crippen LogP contribution in [0.15, 0.2) is 55.0 Å². The van der Waals surface area contributed by atoms with Crippen molar-refractivity contribution in [3.05, 3.63) is 66.4 Å². The van der Waals surface area contributed by atoms with E-state index in [1.54, 1.807) is 23.0 Å². The number of aromatic nitrogens is 3. The predicted octanol–water partition coefficient (Wildman–Crippen LogP) is 2.77. The minimum absolute atomic E-state index is 0.251. The molecule has 1 N–H and O–H groups in total. The molecule has 2 aromatic heterocycles. The predicted molar refractivity (Wildman–Crippen MR) is 105 cm³/mol. The maximum Gasteiger partial charge on any atom is 0.128 e. The van der Waals surface area contributed by atoms with E-state index in [4.69, 9.17) is 0 Å². The van der Waals surface area contributed by atoms with Gasteiger partial charge in [0.1, 0.15) is 11.6 Å². The van der Waals surface area contributed by atoms with Gasteiger partial charge in [-0.1, -0.05) is 0 Å². The van der Waals surface area contributed by atoms with Crippen molar-refractivity contribution in [3.8, 4) is 5.69 Å². The molecular weight excluding hydrogens is 343 g/mol. The van der Waals surface area contributed by atoms with Crippen LogP contribution in [-0.4, -0.2) is 52.9 Å². The molecule has 1 aliphatic heterocycles. The van der Waals surface area contributed by atoms with E-state index in [2.05, 4.69) is 44.4 Å². The fourth-order valence-corrected chi connectivity index (χ4v) is 3.16. The first-order valence-electron chi connectivity index (χ1n) is 9.10. The average Bonchev–Trinajstić information content (AvgIpc) is 3.17. The topological polar surface area (TPSA) is 49.2 Å². The maximum atomic E-state index is 13.0. The first kappa shape index (κ1) is 17.5. The van der Waals surface area contributed by atoms with E-state index in [9.17, 15) is 4.39 Å². The minimum Gasteiger partial charge on any atom is -0.369 e. The molecule has 6 nitrogen and oxygen atoms in total. The summed E-state index contributed by atoms with van der Waals surface area (Å²) in [6.07, 6.45) is 5.59. The summed E-state index contributed by atoms with van der Waals surface area (Å²) < 4.78 is 14.8. The Kier molecular flexibility index (Phi) is 5.02. The molecule has 7 heteroatoms. The first-order valence-corrected chi connectivity index (χ1v) is 9.10. The van der Waals surface area contributed by atoms with Crippen LogP contribution >= 0.6 is 0 Å². The van der Waals surface area contributed by atoms with Crippen molar-refractivity contribution in [2.75, 3.05) is 43.4 Å². The summed E-state index contributed by atoms with van der Waals surface area (Å²) in [4.78, 5) is 9.15. The molecule has 0 atom stereocenters. The molecule has 0 radical (unpaired) electrons. The number of hydrogen-bond donors (Lipinski definition) is 1. The molecule has 1 fully saturated rings. The molecule has 0 unspecified atom stereocenters. The van der Waals surface area contributed by atoms with Crippen LogP contribution in [0.5, 0.6) is 0 Å². The highest BCUT2D eigenvalue weighted by Gasteiger charge is 2.14. The zero-order valence-corrected chi connectivity index (χ0v) is 15.3. The van der Waals surface area contributed by atoms with Crippen LogP contribution in [0.2, 0.25) is 0 Å². The summed E-state index contributed by atoms with van der Waals surface area (Å²) in [6, 6.07) is 10.4. The highest BCUT2D eigenvalue weighted by molar-refractivity contribution is 5.54. The summed E-state index contributed by atoms with van der Waals surface area (Å²) in [5.41, 5.74) is 3.06. The average molecular weight is 366 g/mol. The van der Waals surface area contributed by atoms with Crippen LogP contribution in [-0.2, 0) is 6.54 Å². The largest absolute Gasteiger partial charge is 0.369 e.